The van der Waals surface area contributed by atoms with Crippen LogP contribution in [0.25, 0.3) is 0 Å². The number of anilines is 1. The Morgan fingerprint density at radius 3 is 2.89 bits per heavy atom. The number of hydrogen-bond acceptors (Lipinski definition) is 4. The maximum atomic E-state index is 5.64. The van der Waals surface area contributed by atoms with E-state index in [1.54, 1.807) is 12.3 Å². The first-order valence-electron chi connectivity index (χ1n) is 5.72. The molecule has 5 heteroatoms. The number of hydrogen-bond donors (Lipinski definition) is 1. The number of nitrogens with zero attached hydrogens (tertiary/aromatic N) is 2. The summed E-state index contributed by atoms with van der Waals surface area (Å²) in [5.41, 5.74) is 1.08. The van der Waals surface area contributed by atoms with E-state index in [0.717, 1.165) is 16.6 Å². The summed E-state index contributed by atoms with van der Waals surface area (Å²) in [7, 11) is 0. The van der Waals surface area contributed by atoms with Gasteiger partial charge in [-0.25, -0.2) is 4.98 Å². The lowest BCUT2D eigenvalue weighted by Crippen LogP contribution is -2.04. The van der Waals surface area contributed by atoms with E-state index in [1.165, 1.54) is 0 Å². The highest BCUT2D eigenvalue weighted by Crippen LogP contribution is 2.18. The molecule has 94 valence electrons. The molecule has 1 heterocycles. The minimum Gasteiger partial charge on any atom is -0.473 e. The number of ether oxygens (including phenoxy) is 1. The number of rotatable bonds is 5. The highest BCUT2D eigenvalue weighted by atomic mass is 79.9. The van der Waals surface area contributed by atoms with Crippen LogP contribution in [0.5, 0.6) is 5.88 Å². The molecule has 0 spiro atoms. The summed E-state index contributed by atoms with van der Waals surface area (Å²) < 4.78 is 6.67. The molecule has 1 aromatic carbocycles. The number of nitrogens with one attached hydrogen (secondary N) is 1. The van der Waals surface area contributed by atoms with Crippen LogP contribution in [0.1, 0.15) is 12.5 Å². The summed E-state index contributed by atoms with van der Waals surface area (Å²) in [6.45, 7) is 3.26. The van der Waals surface area contributed by atoms with E-state index in [0.29, 0.717) is 18.4 Å². The van der Waals surface area contributed by atoms with Crippen LogP contribution in [0.2, 0.25) is 0 Å². The van der Waals surface area contributed by atoms with E-state index in [4.69, 9.17) is 4.74 Å². The summed E-state index contributed by atoms with van der Waals surface area (Å²) >= 11 is 3.48. The Morgan fingerprint density at radius 1 is 1.28 bits per heavy atom. The van der Waals surface area contributed by atoms with Gasteiger partial charge in [0.15, 0.2) is 0 Å². The molecule has 0 fully saturated rings. The van der Waals surface area contributed by atoms with E-state index in [9.17, 15) is 0 Å². The largest absolute Gasteiger partial charge is 0.473 e. The van der Waals surface area contributed by atoms with Gasteiger partial charge in [-0.15, -0.1) is 0 Å². The maximum absolute atomic E-state index is 5.64. The molecule has 18 heavy (non-hydrogen) atoms. The van der Waals surface area contributed by atoms with Crippen molar-refractivity contribution in [3.8, 4) is 5.88 Å². The predicted octanol–water partition coefficient (Wildman–Crippen LogP) is 3.25. The van der Waals surface area contributed by atoms with Crippen LogP contribution in [0.3, 0.4) is 0 Å². The van der Waals surface area contributed by atoms with Crippen LogP contribution < -0.4 is 10.1 Å². The van der Waals surface area contributed by atoms with Gasteiger partial charge in [0.2, 0.25) is 11.8 Å². The van der Waals surface area contributed by atoms with Crippen molar-refractivity contribution in [1.29, 1.82) is 0 Å². The number of benzene rings is 1. The van der Waals surface area contributed by atoms with Gasteiger partial charge >= 0.3 is 0 Å². The van der Waals surface area contributed by atoms with Crippen molar-refractivity contribution in [2.75, 3.05) is 11.9 Å². The van der Waals surface area contributed by atoms with Crippen molar-refractivity contribution in [3.63, 3.8) is 0 Å². The van der Waals surface area contributed by atoms with Crippen LogP contribution in [0.4, 0.5) is 5.95 Å². The van der Waals surface area contributed by atoms with E-state index in [1.807, 2.05) is 31.2 Å². The average Bonchev–Trinajstić information content (AvgIpc) is 2.39. The Labute approximate surface area is 115 Å². The lowest BCUT2D eigenvalue weighted by Gasteiger charge is -2.08. The molecule has 0 saturated carbocycles. The van der Waals surface area contributed by atoms with Crippen LogP contribution in [0, 0.1) is 0 Å². The predicted molar refractivity (Wildman–Crippen MR) is 74.7 cm³/mol. The van der Waals surface area contributed by atoms with Gasteiger partial charge in [-0.05, 0) is 13.0 Å². The Balaban J connectivity index is 2.02. The zero-order valence-electron chi connectivity index (χ0n) is 10.1. The molecule has 0 saturated heterocycles. The van der Waals surface area contributed by atoms with Gasteiger partial charge in [0.1, 0.15) is 6.61 Å². The molecular formula is C13H14BrN3O. The molecule has 4 nitrogen and oxygen atoms in total. The molecular weight excluding hydrogens is 294 g/mol. The topological polar surface area (TPSA) is 47.0 Å². The zero-order valence-corrected chi connectivity index (χ0v) is 11.6. The monoisotopic (exact) mass is 307 g/mol. The van der Waals surface area contributed by atoms with Crippen molar-refractivity contribution in [2.24, 2.45) is 0 Å². The SMILES string of the molecule is CCNc1nccc(OCc2ccccc2Br)n1. The molecule has 0 bridgehead atoms. The molecule has 0 atom stereocenters. The van der Waals surface area contributed by atoms with Crippen LogP contribution >= 0.6 is 15.9 Å². The highest BCUT2D eigenvalue weighted by Gasteiger charge is 2.02. The first kappa shape index (κ1) is 12.8. The molecule has 2 aromatic rings. The Morgan fingerprint density at radius 2 is 2.11 bits per heavy atom. The van der Waals surface area contributed by atoms with Gasteiger partial charge in [-0.1, -0.05) is 34.1 Å². The average molecular weight is 308 g/mol. The molecule has 0 aliphatic carbocycles. The Hall–Kier alpha value is -1.62. The Kier molecular flexibility index (Phi) is 4.52. The standard InChI is InChI=1S/C13H14BrN3O/c1-2-15-13-16-8-7-12(17-13)18-9-10-5-3-4-6-11(10)14/h3-8H,2,9H2,1H3,(H,15,16,17). The summed E-state index contributed by atoms with van der Waals surface area (Å²) in [4.78, 5) is 8.34. The number of halogens is 1. The van der Waals surface area contributed by atoms with Crippen molar-refractivity contribution in [2.45, 2.75) is 13.5 Å². The van der Waals surface area contributed by atoms with Gasteiger partial charge in [-0.2, -0.15) is 4.98 Å². The highest BCUT2D eigenvalue weighted by molar-refractivity contribution is 9.10. The van der Waals surface area contributed by atoms with Crippen LogP contribution in [-0.4, -0.2) is 16.5 Å². The van der Waals surface area contributed by atoms with Crippen molar-refractivity contribution < 1.29 is 4.74 Å². The van der Waals surface area contributed by atoms with Gasteiger partial charge in [0.25, 0.3) is 0 Å². The molecule has 0 amide bonds. The molecule has 1 aromatic heterocycles. The minimum absolute atomic E-state index is 0.476. The van der Waals surface area contributed by atoms with E-state index in [2.05, 4.69) is 31.2 Å². The van der Waals surface area contributed by atoms with Gasteiger partial charge in [0.05, 0.1) is 0 Å². The third-order valence-corrected chi connectivity index (χ3v) is 3.07. The lowest BCUT2D eigenvalue weighted by molar-refractivity contribution is 0.293. The molecule has 1 N–H and O–H groups in total. The minimum atomic E-state index is 0.476. The molecule has 0 aliphatic rings. The summed E-state index contributed by atoms with van der Waals surface area (Å²) in [5.74, 6) is 1.15. The fraction of sp³-hybridized carbons (Fsp3) is 0.231. The third-order valence-electron chi connectivity index (χ3n) is 2.30. The summed E-state index contributed by atoms with van der Waals surface area (Å²) in [6, 6.07) is 9.70. The maximum Gasteiger partial charge on any atom is 0.225 e. The number of aromatic nitrogens is 2. The van der Waals surface area contributed by atoms with Crippen molar-refractivity contribution in [3.05, 3.63) is 46.6 Å². The molecule has 0 unspecified atom stereocenters. The second kappa shape index (κ2) is 6.35. The quantitative estimate of drug-likeness (QED) is 0.921. The van der Waals surface area contributed by atoms with Crippen molar-refractivity contribution >= 4 is 21.9 Å². The first-order valence-corrected chi connectivity index (χ1v) is 6.52. The molecule has 2 rings (SSSR count). The fourth-order valence-corrected chi connectivity index (χ4v) is 1.83. The first-order chi connectivity index (χ1) is 8.79. The fourth-order valence-electron chi connectivity index (χ4n) is 1.43. The second-order valence-corrected chi connectivity index (χ2v) is 4.48. The van der Waals surface area contributed by atoms with E-state index >= 15 is 0 Å². The molecule has 0 aliphatic heterocycles. The van der Waals surface area contributed by atoms with Crippen LogP contribution in [0.15, 0.2) is 41.0 Å². The molecule has 0 radical (unpaired) electrons. The van der Waals surface area contributed by atoms with Crippen LogP contribution in [-0.2, 0) is 6.61 Å². The smallest absolute Gasteiger partial charge is 0.225 e. The summed E-state index contributed by atoms with van der Waals surface area (Å²) in [5, 5.41) is 3.05. The van der Waals surface area contributed by atoms with Crippen molar-refractivity contribution in [1.82, 2.24) is 9.97 Å². The van der Waals surface area contributed by atoms with E-state index < -0.39 is 0 Å². The Bertz CT molecular complexity index is 519. The summed E-state index contributed by atoms with van der Waals surface area (Å²) in [6.07, 6.45) is 1.68. The lowest BCUT2D eigenvalue weighted by atomic mass is 10.2. The van der Waals surface area contributed by atoms with E-state index in [-0.39, 0.29) is 0 Å². The van der Waals surface area contributed by atoms with Gasteiger partial charge in [0, 0.05) is 28.8 Å². The second-order valence-electron chi connectivity index (χ2n) is 3.63. The van der Waals surface area contributed by atoms with Gasteiger partial charge in [-0.3, -0.25) is 0 Å². The van der Waals surface area contributed by atoms with Gasteiger partial charge < -0.3 is 10.1 Å². The third kappa shape index (κ3) is 3.43. The zero-order chi connectivity index (χ0) is 12.8. The normalized spacial score (nSPS) is 10.1.